The van der Waals surface area contributed by atoms with Crippen molar-refractivity contribution in [2.24, 2.45) is 5.92 Å². The summed E-state index contributed by atoms with van der Waals surface area (Å²) in [5, 5.41) is 2.46. The van der Waals surface area contributed by atoms with E-state index in [1.165, 1.54) is 12.8 Å². The second-order valence-corrected chi connectivity index (χ2v) is 5.24. The van der Waals surface area contributed by atoms with Crippen LogP contribution in [0.2, 0.25) is 0 Å². The fraction of sp³-hybridized carbons (Fsp3) is 1.00. The van der Waals surface area contributed by atoms with Crippen molar-refractivity contribution in [2.75, 3.05) is 26.2 Å². The molecule has 0 amide bonds. The Labute approximate surface area is 102 Å². The summed E-state index contributed by atoms with van der Waals surface area (Å²) in [6.45, 7) is 5.63. The smallest absolute Gasteiger partial charge is 0.307 e. The molecule has 0 atom stereocenters. The van der Waals surface area contributed by atoms with Crippen molar-refractivity contribution in [1.29, 1.82) is 0 Å². The molecule has 102 valence electrons. The third kappa shape index (κ3) is 7.60. The summed E-state index contributed by atoms with van der Waals surface area (Å²) in [6, 6.07) is 0.626. The highest BCUT2D eigenvalue weighted by Crippen LogP contribution is 2.26. The molecule has 1 aliphatic rings. The van der Waals surface area contributed by atoms with Gasteiger partial charge in [0.25, 0.3) is 0 Å². The van der Waals surface area contributed by atoms with Gasteiger partial charge >= 0.3 is 6.18 Å². The second kappa shape index (κ2) is 6.59. The van der Waals surface area contributed by atoms with Gasteiger partial charge in [0, 0.05) is 19.1 Å². The fourth-order valence-corrected chi connectivity index (χ4v) is 1.79. The van der Waals surface area contributed by atoms with Gasteiger partial charge in [0.15, 0.2) is 0 Å². The molecule has 0 radical (unpaired) electrons. The Hall–Kier alpha value is -0.290. The third-order valence-electron chi connectivity index (χ3n) is 2.96. The van der Waals surface area contributed by atoms with Gasteiger partial charge in [-0.05, 0) is 31.7 Å². The number of hydrogen-bond donors (Lipinski definition) is 1. The van der Waals surface area contributed by atoms with Gasteiger partial charge in [0.2, 0.25) is 0 Å². The summed E-state index contributed by atoms with van der Waals surface area (Å²) in [6.07, 6.45) is -0.563. The molecule has 0 heterocycles. The van der Waals surface area contributed by atoms with Crippen LogP contribution in [0.1, 0.15) is 33.1 Å². The highest BCUT2D eigenvalue weighted by Gasteiger charge is 2.29. The summed E-state index contributed by atoms with van der Waals surface area (Å²) in [7, 11) is 0. The van der Waals surface area contributed by atoms with Crippen LogP contribution in [-0.4, -0.2) is 43.3 Å². The van der Waals surface area contributed by atoms with Gasteiger partial charge < -0.3 is 5.32 Å². The van der Waals surface area contributed by atoms with E-state index in [1.807, 2.05) is 0 Å². The second-order valence-electron chi connectivity index (χ2n) is 5.24. The lowest BCUT2D eigenvalue weighted by Gasteiger charge is -2.23. The topological polar surface area (TPSA) is 15.3 Å². The molecule has 1 fully saturated rings. The molecule has 1 saturated carbocycles. The molecule has 0 bridgehead atoms. The van der Waals surface area contributed by atoms with E-state index in [-0.39, 0.29) is 0 Å². The van der Waals surface area contributed by atoms with Gasteiger partial charge in [-0.25, -0.2) is 0 Å². The summed E-state index contributed by atoms with van der Waals surface area (Å²) < 4.78 is 35.8. The summed E-state index contributed by atoms with van der Waals surface area (Å²) in [4.78, 5) is 2.32. The van der Waals surface area contributed by atoms with Gasteiger partial charge in [-0.15, -0.1) is 0 Å². The first-order valence-corrected chi connectivity index (χ1v) is 6.40. The van der Waals surface area contributed by atoms with Crippen LogP contribution in [0, 0.1) is 5.92 Å². The minimum atomic E-state index is -4.09. The zero-order valence-electron chi connectivity index (χ0n) is 10.7. The zero-order valence-corrected chi connectivity index (χ0v) is 10.7. The average molecular weight is 252 g/mol. The number of nitrogens with one attached hydrogen (secondary N) is 1. The molecular formula is C12H23F3N2. The first-order valence-electron chi connectivity index (χ1n) is 6.40. The highest BCUT2D eigenvalue weighted by atomic mass is 19.4. The Morgan fingerprint density at radius 2 is 1.88 bits per heavy atom. The van der Waals surface area contributed by atoms with Crippen LogP contribution in [0.3, 0.4) is 0 Å². The molecule has 0 aromatic carbocycles. The Morgan fingerprint density at radius 1 is 1.24 bits per heavy atom. The first kappa shape index (κ1) is 14.8. The molecule has 0 unspecified atom stereocenters. The minimum absolute atomic E-state index is 0.425. The molecule has 17 heavy (non-hydrogen) atoms. The van der Waals surface area contributed by atoms with Crippen molar-refractivity contribution in [3.63, 3.8) is 0 Å². The summed E-state index contributed by atoms with van der Waals surface area (Å²) in [5.74, 6) is 0.652. The Morgan fingerprint density at radius 3 is 2.35 bits per heavy atom. The Kier molecular flexibility index (Phi) is 5.73. The molecule has 1 N–H and O–H groups in total. The number of nitrogens with zero attached hydrogens (tertiary/aromatic N) is 1. The van der Waals surface area contributed by atoms with Crippen LogP contribution in [-0.2, 0) is 0 Å². The Bertz CT molecular complexity index is 212. The number of rotatable bonds is 8. The van der Waals surface area contributed by atoms with E-state index < -0.39 is 12.7 Å². The van der Waals surface area contributed by atoms with Gasteiger partial charge in [-0.1, -0.05) is 13.8 Å². The number of halogens is 3. The number of alkyl halides is 3. The maximum absolute atomic E-state index is 11.9. The van der Waals surface area contributed by atoms with Crippen molar-refractivity contribution in [2.45, 2.75) is 45.3 Å². The maximum Gasteiger partial charge on any atom is 0.401 e. The molecule has 5 heteroatoms. The summed E-state index contributed by atoms with van der Waals surface area (Å²) in [5.41, 5.74) is 0. The van der Waals surface area contributed by atoms with E-state index in [9.17, 15) is 13.2 Å². The van der Waals surface area contributed by atoms with Crippen LogP contribution in [0.15, 0.2) is 0 Å². The molecule has 2 nitrogen and oxygen atoms in total. The van der Waals surface area contributed by atoms with Gasteiger partial charge in [0.1, 0.15) is 0 Å². The lowest BCUT2D eigenvalue weighted by Crippen LogP contribution is -2.38. The molecule has 1 aliphatic carbocycles. The maximum atomic E-state index is 11.9. The first-order chi connectivity index (χ1) is 7.88. The molecule has 0 aromatic heterocycles. The Balaban J connectivity index is 2.12. The van der Waals surface area contributed by atoms with Crippen molar-refractivity contribution in [3.8, 4) is 0 Å². The zero-order chi connectivity index (χ0) is 12.9. The third-order valence-corrected chi connectivity index (χ3v) is 2.96. The van der Waals surface area contributed by atoms with Crippen LogP contribution in [0.4, 0.5) is 13.2 Å². The predicted octanol–water partition coefficient (Wildman–Crippen LogP) is 2.65. The summed E-state index contributed by atoms with van der Waals surface area (Å²) >= 11 is 0. The standard InChI is InChI=1S/C12H23F3N2/c1-10(2)5-7-17(11-3-4-11)8-6-16-9-12(13,14)15/h10-11,16H,3-9H2,1-2H3. The van der Waals surface area contributed by atoms with Crippen molar-refractivity contribution < 1.29 is 13.2 Å². The van der Waals surface area contributed by atoms with Crippen LogP contribution >= 0.6 is 0 Å². The lowest BCUT2D eigenvalue weighted by atomic mass is 10.1. The normalized spacial score (nSPS) is 17.1. The van der Waals surface area contributed by atoms with Crippen molar-refractivity contribution >= 4 is 0 Å². The monoisotopic (exact) mass is 252 g/mol. The number of hydrogen-bond acceptors (Lipinski definition) is 2. The van der Waals surface area contributed by atoms with Crippen molar-refractivity contribution in [3.05, 3.63) is 0 Å². The van der Waals surface area contributed by atoms with Crippen LogP contribution in [0.5, 0.6) is 0 Å². The quantitative estimate of drug-likeness (QED) is 0.668. The predicted molar refractivity (Wildman–Crippen MR) is 63.0 cm³/mol. The molecule has 1 rings (SSSR count). The highest BCUT2D eigenvalue weighted by molar-refractivity contribution is 4.84. The molecule has 0 aromatic rings. The van der Waals surface area contributed by atoms with E-state index in [1.54, 1.807) is 0 Å². The van der Waals surface area contributed by atoms with Crippen LogP contribution < -0.4 is 5.32 Å². The van der Waals surface area contributed by atoms with E-state index in [0.29, 0.717) is 18.5 Å². The largest absolute Gasteiger partial charge is 0.401 e. The molecule has 0 spiro atoms. The van der Waals surface area contributed by atoms with Crippen molar-refractivity contribution in [1.82, 2.24) is 10.2 Å². The SMILES string of the molecule is CC(C)CCN(CCNCC(F)(F)F)C1CC1. The molecule has 0 saturated heterocycles. The average Bonchev–Trinajstić information content (AvgIpc) is 2.98. The fourth-order valence-electron chi connectivity index (χ4n) is 1.79. The minimum Gasteiger partial charge on any atom is -0.307 e. The lowest BCUT2D eigenvalue weighted by molar-refractivity contribution is -0.124. The molecular weight excluding hydrogens is 229 g/mol. The van der Waals surface area contributed by atoms with E-state index in [4.69, 9.17) is 0 Å². The van der Waals surface area contributed by atoms with Gasteiger partial charge in [-0.3, -0.25) is 4.90 Å². The van der Waals surface area contributed by atoms with E-state index in [0.717, 1.165) is 19.5 Å². The van der Waals surface area contributed by atoms with E-state index >= 15 is 0 Å². The van der Waals surface area contributed by atoms with E-state index in [2.05, 4.69) is 24.1 Å². The molecule has 0 aliphatic heterocycles. The van der Waals surface area contributed by atoms with Crippen LogP contribution in [0.25, 0.3) is 0 Å². The van der Waals surface area contributed by atoms with Gasteiger partial charge in [-0.2, -0.15) is 13.2 Å². The van der Waals surface area contributed by atoms with Gasteiger partial charge in [0.05, 0.1) is 6.54 Å².